The molecule has 6 nitrogen and oxygen atoms in total. The Balaban J connectivity index is 1.47. The summed E-state index contributed by atoms with van der Waals surface area (Å²) in [7, 11) is 0. The number of aryl methyl sites for hydroxylation is 2. The fraction of sp³-hybridized carbons (Fsp3) is 0.192. The monoisotopic (exact) mass is 527 g/mol. The molecule has 0 saturated carbocycles. The molecule has 1 amide bonds. The summed E-state index contributed by atoms with van der Waals surface area (Å²) in [5, 5.41) is 6.65. The van der Waals surface area contributed by atoms with Crippen molar-refractivity contribution in [2.24, 2.45) is 0 Å². The van der Waals surface area contributed by atoms with Gasteiger partial charge in [0.2, 0.25) is 5.89 Å². The molecular formula is C26H23Cl2N3O3S. The second-order valence-corrected chi connectivity index (χ2v) is 9.46. The van der Waals surface area contributed by atoms with Crippen molar-refractivity contribution < 1.29 is 13.9 Å². The van der Waals surface area contributed by atoms with E-state index in [1.165, 1.54) is 0 Å². The molecule has 1 atom stereocenters. The average molecular weight is 528 g/mol. The van der Waals surface area contributed by atoms with Crippen molar-refractivity contribution in [3.8, 4) is 17.2 Å². The molecule has 0 aliphatic heterocycles. The van der Waals surface area contributed by atoms with Crippen LogP contribution in [0.5, 0.6) is 5.75 Å². The second-order valence-electron chi connectivity index (χ2n) is 8.21. The summed E-state index contributed by atoms with van der Waals surface area (Å²) < 4.78 is 11.7. The quantitative estimate of drug-likeness (QED) is 0.272. The van der Waals surface area contributed by atoms with E-state index in [1.807, 2.05) is 45.0 Å². The molecule has 1 heterocycles. The Morgan fingerprint density at radius 1 is 1.11 bits per heavy atom. The molecular weight excluding hydrogens is 505 g/mol. The molecule has 0 spiro atoms. The first kappa shape index (κ1) is 25.0. The minimum Gasteiger partial charge on any atom is -0.479 e. The van der Waals surface area contributed by atoms with Crippen LogP contribution >= 0.6 is 35.4 Å². The van der Waals surface area contributed by atoms with E-state index < -0.39 is 12.0 Å². The van der Waals surface area contributed by atoms with Crippen molar-refractivity contribution in [3.63, 3.8) is 0 Å². The fourth-order valence-electron chi connectivity index (χ4n) is 3.68. The highest BCUT2D eigenvalue weighted by Gasteiger charge is 2.19. The van der Waals surface area contributed by atoms with Gasteiger partial charge in [-0.25, -0.2) is 4.98 Å². The highest BCUT2D eigenvalue weighted by molar-refractivity contribution is 7.80. The van der Waals surface area contributed by atoms with Crippen LogP contribution in [0.15, 0.2) is 52.9 Å². The number of hydrogen-bond acceptors (Lipinski definition) is 5. The number of fused-ring (bicyclic) bond motifs is 1. The molecule has 0 fully saturated rings. The Kier molecular flexibility index (Phi) is 7.31. The van der Waals surface area contributed by atoms with E-state index in [4.69, 9.17) is 44.6 Å². The van der Waals surface area contributed by atoms with Gasteiger partial charge < -0.3 is 14.5 Å². The third-order valence-corrected chi connectivity index (χ3v) is 6.17. The lowest BCUT2D eigenvalue weighted by molar-refractivity contribution is -0.125. The number of nitrogens with zero attached hydrogens (tertiary/aromatic N) is 1. The van der Waals surface area contributed by atoms with E-state index >= 15 is 0 Å². The number of oxazole rings is 1. The number of ether oxygens (including phenoxy) is 1. The molecule has 3 aromatic carbocycles. The number of anilines is 1. The maximum absolute atomic E-state index is 12.6. The predicted molar refractivity (Wildman–Crippen MR) is 145 cm³/mol. The second kappa shape index (κ2) is 10.2. The molecule has 9 heteroatoms. The molecule has 0 aliphatic carbocycles. The van der Waals surface area contributed by atoms with E-state index in [1.54, 1.807) is 25.1 Å². The van der Waals surface area contributed by atoms with Crippen LogP contribution in [0.25, 0.3) is 22.6 Å². The molecule has 180 valence electrons. The number of nitrogens with one attached hydrogen (secondary N) is 2. The van der Waals surface area contributed by atoms with Crippen molar-refractivity contribution >= 4 is 63.2 Å². The van der Waals surface area contributed by atoms with Gasteiger partial charge in [-0.2, -0.15) is 0 Å². The molecule has 35 heavy (non-hydrogen) atoms. The summed E-state index contributed by atoms with van der Waals surface area (Å²) in [5.41, 5.74) is 6.16. The van der Waals surface area contributed by atoms with Crippen LogP contribution in [0.2, 0.25) is 10.0 Å². The van der Waals surface area contributed by atoms with Crippen LogP contribution in [0.1, 0.15) is 23.6 Å². The Bertz CT molecular complexity index is 1450. The summed E-state index contributed by atoms with van der Waals surface area (Å²) in [6, 6.07) is 14.5. The number of rotatable bonds is 5. The van der Waals surface area contributed by atoms with Crippen LogP contribution in [-0.2, 0) is 4.79 Å². The Labute approximate surface area is 218 Å². The van der Waals surface area contributed by atoms with Gasteiger partial charge in [-0.05, 0) is 93.0 Å². The van der Waals surface area contributed by atoms with Crippen LogP contribution in [0.3, 0.4) is 0 Å². The van der Waals surface area contributed by atoms with Gasteiger partial charge in [0, 0.05) is 16.3 Å². The minimum atomic E-state index is -0.840. The van der Waals surface area contributed by atoms with E-state index in [9.17, 15) is 4.79 Å². The average Bonchev–Trinajstić information content (AvgIpc) is 3.21. The van der Waals surface area contributed by atoms with Gasteiger partial charge in [-0.3, -0.25) is 10.1 Å². The number of hydrogen-bond donors (Lipinski definition) is 2. The number of benzene rings is 3. The first-order chi connectivity index (χ1) is 16.6. The third kappa shape index (κ3) is 5.59. The molecule has 1 aromatic heterocycles. The smallest absolute Gasteiger partial charge is 0.266 e. The summed E-state index contributed by atoms with van der Waals surface area (Å²) in [5.74, 6) is 0.448. The van der Waals surface area contributed by atoms with E-state index in [0.29, 0.717) is 21.7 Å². The number of thiocarbonyl (C=S) groups is 1. The predicted octanol–water partition coefficient (Wildman–Crippen LogP) is 7.01. The van der Waals surface area contributed by atoms with Gasteiger partial charge in [-0.1, -0.05) is 35.3 Å². The molecule has 0 aliphatic rings. The van der Waals surface area contributed by atoms with Gasteiger partial charge in [0.05, 0.1) is 5.02 Å². The largest absolute Gasteiger partial charge is 0.479 e. The zero-order valence-electron chi connectivity index (χ0n) is 19.5. The van der Waals surface area contributed by atoms with E-state index in [2.05, 4.69) is 21.7 Å². The lowest BCUT2D eigenvalue weighted by Gasteiger charge is -2.17. The summed E-state index contributed by atoms with van der Waals surface area (Å²) in [6.07, 6.45) is -0.840. The maximum atomic E-state index is 12.6. The fourth-order valence-corrected chi connectivity index (χ4v) is 4.34. The van der Waals surface area contributed by atoms with Crippen LogP contribution in [0.4, 0.5) is 5.69 Å². The van der Waals surface area contributed by atoms with Crippen molar-refractivity contribution in [1.82, 2.24) is 10.3 Å². The first-order valence-electron chi connectivity index (χ1n) is 10.8. The van der Waals surface area contributed by atoms with Crippen molar-refractivity contribution in [2.75, 3.05) is 5.32 Å². The minimum absolute atomic E-state index is 0.136. The van der Waals surface area contributed by atoms with Gasteiger partial charge in [-0.15, -0.1) is 0 Å². The van der Waals surface area contributed by atoms with Gasteiger partial charge in [0.15, 0.2) is 16.8 Å². The zero-order valence-corrected chi connectivity index (χ0v) is 21.9. The topological polar surface area (TPSA) is 76.4 Å². The van der Waals surface area contributed by atoms with Crippen LogP contribution in [-0.4, -0.2) is 22.1 Å². The van der Waals surface area contributed by atoms with E-state index in [-0.39, 0.29) is 5.11 Å². The molecule has 4 rings (SSSR count). The standard InChI is InChI=1S/C26H23Cl2N3O3S/c1-13-10-14(2)23-21(11-13)29-25(34-23)18-6-5-7-20(15(18)3)30-26(35)31-24(32)16(4)33-22-9-8-17(27)12-19(22)28/h5-12,16H,1-4H3,(H2,30,31,32,35). The zero-order chi connectivity index (χ0) is 25.3. The number of carbonyl (C=O) groups excluding carboxylic acids is 1. The normalized spacial score (nSPS) is 11.8. The number of halogens is 2. The summed E-state index contributed by atoms with van der Waals surface area (Å²) >= 11 is 17.4. The number of amides is 1. The SMILES string of the molecule is Cc1cc(C)c2oc(-c3cccc(NC(=S)NC(=O)C(C)Oc4ccc(Cl)cc4Cl)c3C)nc2c1. The molecule has 0 bridgehead atoms. The summed E-state index contributed by atoms with van der Waals surface area (Å²) in [4.78, 5) is 17.3. The van der Waals surface area contributed by atoms with Gasteiger partial charge in [0.25, 0.3) is 5.91 Å². The molecule has 2 N–H and O–H groups in total. The van der Waals surface area contributed by atoms with Crippen LogP contribution < -0.4 is 15.4 Å². The Morgan fingerprint density at radius 2 is 1.89 bits per heavy atom. The molecule has 1 unspecified atom stereocenters. The Morgan fingerprint density at radius 3 is 2.63 bits per heavy atom. The van der Waals surface area contributed by atoms with E-state index in [0.717, 1.165) is 39.0 Å². The highest BCUT2D eigenvalue weighted by Crippen LogP contribution is 2.32. The number of aromatic nitrogens is 1. The van der Waals surface area contributed by atoms with Crippen molar-refractivity contribution in [3.05, 3.63) is 75.3 Å². The number of carbonyl (C=O) groups is 1. The third-order valence-electron chi connectivity index (χ3n) is 5.44. The van der Waals surface area contributed by atoms with Gasteiger partial charge in [0.1, 0.15) is 11.3 Å². The van der Waals surface area contributed by atoms with Crippen molar-refractivity contribution in [1.29, 1.82) is 0 Å². The highest BCUT2D eigenvalue weighted by atomic mass is 35.5. The summed E-state index contributed by atoms with van der Waals surface area (Å²) in [6.45, 7) is 7.57. The lowest BCUT2D eigenvalue weighted by Crippen LogP contribution is -2.42. The van der Waals surface area contributed by atoms with Crippen molar-refractivity contribution in [2.45, 2.75) is 33.8 Å². The molecule has 0 radical (unpaired) electrons. The first-order valence-corrected chi connectivity index (χ1v) is 12.0. The Hall–Kier alpha value is -3.13. The maximum Gasteiger partial charge on any atom is 0.266 e. The van der Waals surface area contributed by atoms with Crippen LogP contribution in [0, 0.1) is 20.8 Å². The van der Waals surface area contributed by atoms with Gasteiger partial charge >= 0.3 is 0 Å². The molecule has 4 aromatic rings. The molecule has 0 saturated heterocycles. The lowest BCUT2D eigenvalue weighted by atomic mass is 10.1.